The first-order valence-electron chi connectivity index (χ1n) is 2.65. The van der Waals surface area contributed by atoms with Crippen LogP contribution in [-0.2, 0) is 0 Å². The fourth-order valence-electron chi connectivity index (χ4n) is 0.957. The second-order valence-electron chi connectivity index (χ2n) is 2.04. The molecule has 0 bridgehead atoms. The van der Waals surface area contributed by atoms with Crippen LogP contribution in [0.3, 0.4) is 0 Å². The molecule has 0 amide bonds. The van der Waals surface area contributed by atoms with Gasteiger partial charge in [-0.1, -0.05) is 12.8 Å². The van der Waals surface area contributed by atoms with E-state index in [1.807, 2.05) is 0 Å². The van der Waals surface area contributed by atoms with Gasteiger partial charge in [0.25, 0.3) is 0 Å². The monoisotopic (exact) mass is 172 g/mol. The summed E-state index contributed by atoms with van der Waals surface area (Å²) in [5, 5.41) is 0. The minimum absolute atomic E-state index is 0. The molecule has 0 nitrogen and oxygen atoms in total. The molecule has 1 fully saturated rings. The largest absolute Gasteiger partial charge is 1.00 e. The summed E-state index contributed by atoms with van der Waals surface area (Å²) in [7, 11) is 2.87. The quantitative estimate of drug-likeness (QED) is 0.326. The van der Waals surface area contributed by atoms with E-state index in [1.165, 1.54) is 25.7 Å². The van der Waals surface area contributed by atoms with Crippen LogP contribution in [0.1, 0.15) is 25.7 Å². The van der Waals surface area contributed by atoms with Gasteiger partial charge in [-0.25, -0.2) is 0 Å². The Labute approximate surface area is 65.8 Å². The summed E-state index contributed by atoms with van der Waals surface area (Å²) in [5.74, 6) is 0. The van der Waals surface area contributed by atoms with E-state index in [4.69, 9.17) is 0 Å². The molecule has 3 heteroatoms. The van der Waals surface area contributed by atoms with Gasteiger partial charge in [0, 0.05) is 0 Å². The van der Waals surface area contributed by atoms with E-state index in [-0.39, 0.29) is 24.8 Å². The summed E-state index contributed by atoms with van der Waals surface area (Å²) in [6.45, 7) is 0. The van der Waals surface area contributed by atoms with Gasteiger partial charge in [0.05, 0.1) is 0 Å². The molecule has 1 atom stereocenters. The van der Waals surface area contributed by atoms with E-state index < -0.39 is 0 Å². The summed E-state index contributed by atoms with van der Waals surface area (Å²) < 4.78 is 0. The average Bonchev–Trinajstić information content (AvgIpc) is 1.86. The highest BCUT2D eigenvalue weighted by Crippen LogP contribution is 2.24. The van der Waals surface area contributed by atoms with Gasteiger partial charge < -0.3 is 24.8 Å². The summed E-state index contributed by atoms with van der Waals surface area (Å²) in [6.07, 6.45) is 5.83. The maximum absolute atomic E-state index is 2.87. The molecular weight excluding hydrogens is 162 g/mol. The van der Waals surface area contributed by atoms with Crippen molar-refractivity contribution in [1.29, 1.82) is 0 Å². The molecule has 0 N–H and O–H groups in total. The topological polar surface area (TPSA) is 0 Å². The Kier molecular flexibility index (Phi) is 9.02. The number of halogens is 2. The lowest BCUT2D eigenvalue weighted by Crippen LogP contribution is -3.00. The first-order chi connectivity index (χ1) is 2.89. The van der Waals surface area contributed by atoms with Crippen molar-refractivity contribution in [2.75, 3.05) is 0 Å². The minimum Gasteiger partial charge on any atom is -1.00 e. The van der Waals surface area contributed by atoms with Gasteiger partial charge >= 0.3 is 0 Å². The second-order valence-corrected chi connectivity index (χ2v) is 2.99. The van der Waals surface area contributed by atoms with Crippen molar-refractivity contribution in [3.05, 3.63) is 0 Å². The van der Waals surface area contributed by atoms with Crippen LogP contribution in [0.15, 0.2) is 0 Å². The molecule has 0 heterocycles. The van der Waals surface area contributed by atoms with Gasteiger partial charge in [0.15, 0.2) is 0 Å². The standard InChI is InChI=1S/C5H11P.2ClH/c6-5-3-1-2-4-5;;/h5H,1-4,6H2;2*1H/p-2. The van der Waals surface area contributed by atoms with Crippen molar-refractivity contribution < 1.29 is 24.8 Å². The molecule has 52 valence electrons. The Morgan fingerprint density at radius 1 is 1.00 bits per heavy atom. The van der Waals surface area contributed by atoms with Crippen LogP contribution >= 0.6 is 9.24 Å². The van der Waals surface area contributed by atoms with Crippen LogP contribution in [-0.4, -0.2) is 5.66 Å². The molecule has 0 aromatic carbocycles. The van der Waals surface area contributed by atoms with Gasteiger partial charge in [0.2, 0.25) is 0 Å². The molecule has 0 radical (unpaired) electrons. The van der Waals surface area contributed by atoms with Crippen molar-refractivity contribution in [2.45, 2.75) is 31.3 Å². The van der Waals surface area contributed by atoms with Gasteiger partial charge in [0.1, 0.15) is 0 Å². The Hall–Kier alpha value is 1.01. The van der Waals surface area contributed by atoms with Gasteiger partial charge in [-0.3, -0.25) is 0 Å². The van der Waals surface area contributed by atoms with Gasteiger partial charge in [-0.2, -0.15) is 0 Å². The zero-order valence-corrected chi connectivity index (χ0v) is 7.41. The molecule has 1 saturated carbocycles. The minimum atomic E-state index is 0. The normalized spacial score (nSPS) is 19.1. The maximum Gasteiger partial charge on any atom is -0.0264 e. The Morgan fingerprint density at radius 2 is 1.38 bits per heavy atom. The molecule has 0 aromatic heterocycles. The van der Waals surface area contributed by atoms with Crippen molar-refractivity contribution in [3.63, 3.8) is 0 Å². The van der Waals surface area contributed by atoms with E-state index in [9.17, 15) is 0 Å². The molecule has 1 unspecified atom stereocenters. The molecular formula is C5H11Cl2P-2. The lowest BCUT2D eigenvalue weighted by molar-refractivity contribution is -0.00100. The zero-order chi connectivity index (χ0) is 4.41. The van der Waals surface area contributed by atoms with Crippen molar-refractivity contribution >= 4 is 9.24 Å². The smallest absolute Gasteiger partial charge is 0.0264 e. The molecule has 0 saturated heterocycles. The summed E-state index contributed by atoms with van der Waals surface area (Å²) in [5.41, 5.74) is 0.963. The molecule has 8 heavy (non-hydrogen) atoms. The van der Waals surface area contributed by atoms with Gasteiger partial charge in [-0.15, -0.1) is 9.24 Å². The molecule has 0 spiro atoms. The highest BCUT2D eigenvalue weighted by Gasteiger charge is 2.07. The molecule has 0 aliphatic heterocycles. The van der Waals surface area contributed by atoms with Crippen molar-refractivity contribution in [1.82, 2.24) is 0 Å². The molecule has 1 aliphatic carbocycles. The highest BCUT2D eigenvalue weighted by molar-refractivity contribution is 7.17. The van der Waals surface area contributed by atoms with E-state index in [2.05, 4.69) is 9.24 Å². The summed E-state index contributed by atoms with van der Waals surface area (Å²) in [6, 6.07) is 0. The van der Waals surface area contributed by atoms with E-state index in [0.717, 1.165) is 5.66 Å². The van der Waals surface area contributed by atoms with Crippen molar-refractivity contribution in [2.24, 2.45) is 0 Å². The molecule has 1 rings (SSSR count). The van der Waals surface area contributed by atoms with Gasteiger partial charge in [-0.05, 0) is 18.5 Å². The zero-order valence-electron chi connectivity index (χ0n) is 4.74. The third-order valence-corrected chi connectivity index (χ3v) is 2.07. The molecule has 0 aromatic rings. The maximum atomic E-state index is 2.87. The Balaban J connectivity index is 0. The van der Waals surface area contributed by atoms with Crippen LogP contribution in [0.2, 0.25) is 0 Å². The SMILES string of the molecule is PC1CCCC1.[Cl-].[Cl-]. The Bertz CT molecular complexity index is 43.7. The Morgan fingerprint density at radius 3 is 1.50 bits per heavy atom. The number of hydrogen-bond donors (Lipinski definition) is 0. The average molecular weight is 173 g/mol. The number of rotatable bonds is 0. The summed E-state index contributed by atoms with van der Waals surface area (Å²) >= 11 is 0. The third kappa shape index (κ3) is 3.95. The van der Waals surface area contributed by atoms with E-state index in [1.54, 1.807) is 0 Å². The van der Waals surface area contributed by atoms with Crippen LogP contribution in [0, 0.1) is 0 Å². The van der Waals surface area contributed by atoms with Crippen LogP contribution in [0.4, 0.5) is 0 Å². The van der Waals surface area contributed by atoms with Crippen LogP contribution in [0.25, 0.3) is 0 Å². The second kappa shape index (κ2) is 6.13. The van der Waals surface area contributed by atoms with Crippen LogP contribution in [0.5, 0.6) is 0 Å². The lowest BCUT2D eigenvalue weighted by Gasteiger charge is -1.91. The van der Waals surface area contributed by atoms with E-state index >= 15 is 0 Å². The summed E-state index contributed by atoms with van der Waals surface area (Å²) in [4.78, 5) is 0. The fraction of sp³-hybridized carbons (Fsp3) is 1.00. The number of hydrogen-bond acceptors (Lipinski definition) is 0. The molecule has 1 aliphatic rings. The highest BCUT2D eigenvalue weighted by atomic mass is 35.5. The van der Waals surface area contributed by atoms with E-state index in [0.29, 0.717) is 0 Å². The predicted octanol–water partition coefficient (Wildman–Crippen LogP) is -4.19. The van der Waals surface area contributed by atoms with Crippen LogP contribution < -0.4 is 24.8 Å². The predicted molar refractivity (Wildman–Crippen MR) is 32.0 cm³/mol. The van der Waals surface area contributed by atoms with Crippen molar-refractivity contribution in [3.8, 4) is 0 Å². The third-order valence-electron chi connectivity index (χ3n) is 1.40. The first kappa shape index (κ1) is 11.8. The lowest BCUT2D eigenvalue weighted by atomic mass is 10.4. The fourth-order valence-corrected chi connectivity index (χ4v) is 1.43. The first-order valence-corrected chi connectivity index (χ1v) is 3.32.